The maximum Gasteiger partial charge on any atom is 0.271 e. The molecule has 2 aliphatic heterocycles. The third kappa shape index (κ3) is 2.98. The lowest BCUT2D eigenvalue weighted by Gasteiger charge is -2.29. The molecule has 2 aromatic carbocycles. The van der Waals surface area contributed by atoms with E-state index in [1.807, 2.05) is 12.1 Å². The van der Waals surface area contributed by atoms with Gasteiger partial charge in [0.1, 0.15) is 13.2 Å². The maximum atomic E-state index is 10.9. The van der Waals surface area contributed by atoms with Crippen molar-refractivity contribution in [1.29, 1.82) is 0 Å². The highest BCUT2D eigenvalue weighted by Crippen LogP contribution is 2.42. The first kappa shape index (κ1) is 16.0. The molecular formula is C18H17ClN2O4. The van der Waals surface area contributed by atoms with Crippen molar-refractivity contribution < 1.29 is 14.4 Å². The summed E-state index contributed by atoms with van der Waals surface area (Å²) in [6.45, 7) is 1.98. The van der Waals surface area contributed by atoms with Gasteiger partial charge >= 0.3 is 0 Å². The van der Waals surface area contributed by atoms with E-state index in [0.29, 0.717) is 18.2 Å². The molecule has 0 saturated carbocycles. The predicted molar refractivity (Wildman–Crippen MR) is 94.9 cm³/mol. The van der Waals surface area contributed by atoms with Crippen LogP contribution in [-0.4, -0.2) is 24.7 Å². The number of nitro benzene ring substituents is 1. The lowest BCUT2D eigenvalue weighted by atomic mass is 10.0. The van der Waals surface area contributed by atoms with E-state index in [0.717, 1.165) is 42.1 Å². The standard InChI is InChI=1S/C18H17ClN2O4/c19-14-11-13(21(22)23)4-5-16(14)20-7-1-2-15(20)12-3-6-17-18(10-12)25-9-8-24-17/h3-6,10-11,15H,1-2,7-9H2/t15-/m0/s1. The molecule has 0 bridgehead atoms. The zero-order valence-electron chi connectivity index (χ0n) is 13.5. The number of halogens is 1. The summed E-state index contributed by atoms with van der Waals surface area (Å²) in [6, 6.07) is 10.8. The summed E-state index contributed by atoms with van der Waals surface area (Å²) in [7, 11) is 0. The van der Waals surface area contributed by atoms with Crippen molar-refractivity contribution in [2.75, 3.05) is 24.7 Å². The Kier molecular flexibility index (Phi) is 4.13. The first-order valence-corrected chi connectivity index (χ1v) is 8.61. The Labute approximate surface area is 150 Å². The van der Waals surface area contributed by atoms with Crippen LogP contribution in [0.3, 0.4) is 0 Å². The third-order valence-corrected chi connectivity index (χ3v) is 4.96. The van der Waals surface area contributed by atoms with E-state index in [2.05, 4.69) is 11.0 Å². The Morgan fingerprint density at radius 1 is 1.12 bits per heavy atom. The van der Waals surface area contributed by atoms with Gasteiger partial charge in [0.25, 0.3) is 5.69 Å². The van der Waals surface area contributed by atoms with Crippen LogP contribution in [0.1, 0.15) is 24.4 Å². The van der Waals surface area contributed by atoms with Crippen molar-refractivity contribution in [2.45, 2.75) is 18.9 Å². The monoisotopic (exact) mass is 360 g/mol. The molecule has 25 heavy (non-hydrogen) atoms. The molecule has 0 aromatic heterocycles. The second-order valence-corrected chi connectivity index (χ2v) is 6.55. The summed E-state index contributed by atoms with van der Waals surface area (Å²) in [6.07, 6.45) is 2.03. The van der Waals surface area contributed by atoms with Crippen LogP contribution in [0.25, 0.3) is 0 Å². The van der Waals surface area contributed by atoms with Crippen molar-refractivity contribution in [2.24, 2.45) is 0 Å². The topological polar surface area (TPSA) is 64.8 Å². The number of fused-ring (bicyclic) bond motifs is 1. The summed E-state index contributed by atoms with van der Waals surface area (Å²) in [4.78, 5) is 12.7. The van der Waals surface area contributed by atoms with Crippen LogP contribution in [0.2, 0.25) is 5.02 Å². The van der Waals surface area contributed by atoms with E-state index in [1.165, 1.54) is 12.1 Å². The number of non-ortho nitro benzene ring substituents is 1. The van der Waals surface area contributed by atoms with Gasteiger partial charge in [-0.15, -0.1) is 0 Å². The minimum absolute atomic E-state index is 0.00354. The molecule has 2 heterocycles. The van der Waals surface area contributed by atoms with Crippen molar-refractivity contribution in [3.63, 3.8) is 0 Å². The molecule has 0 spiro atoms. The van der Waals surface area contributed by atoms with Gasteiger partial charge in [-0.2, -0.15) is 0 Å². The van der Waals surface area contributed by atoms with E-state index < -0.39 is 4.92 Å². The van der Waals surface area contributed by atoms with Crippen LogP contribution in [0.15, 0.2) is 36.4 Å². The fraction of sp³-hybridized carbons (Fsp3) is 0.333. The Balaban J connectivity index is 1.66. The fourth-order valence-electron chi connectivity index (χ4n) is 3.51. The summed E-state index contributed by atoms with van der Waals surface area (Å²) in [5.74, 6) is 1.54. The molecule has 1 fully saturated rings. The maximum absolute atomic E-state index is 10.9. The van der Waals surface area contributed by atoms with Crippen LogP contribution >= 0.6 is 11.6 Å². The number of hydrogen-bond acceptors (Lipinski definition) is 5. The minimum Gasteiger partial charge on any atom is -0.486 e. The highest BCUT2D eigenvalue weighted by Gasteiger charge is 2.29. The van der Waals surface area contributed by atoms with Crippen LogP contribution in [0, 0.1) is 10.1 Å². The van der Waals surface area contributed by atoms with Crippen LogP contribution in [-0.2, 0) is 0 Å². The largest absolute Gasteiger partial charge is 0.486 e. The predicted octanol–water partition coefficient (Wildman–Crippen LogP) is 4.36. The van der Waals surface area contributed by atoms with E-state index in [-0.39, 0.29) is 11.7 Å². The van der Waals surface area contributed by atoms with Gasteiger partial charge < -0.3 is 14.4 Å². The number of nitro groups is 1. The van der Waals surface area contributed by atoms with Gasteiger partial charge in [-0.1, -0.05) is 17.7 Å². The number of ether oxygens (including phenoxy) is 2. The molecule has 2 aromatic rings. The molecule has 0 amide bonds. The molecule has 7 heteroatoms. The summed E-state index contributed by atoms with van der Waals surface area (Å²) < 4.78 is 11.3. The van der Waals surface area contributed by atoms with Crippen molar-refractivity contribution in [3.8, 4) is 11.5 Å². The third-order valence-electron chi connectivity index (χ3n) is 4.66. The Morgan fingerprint density at radius 2 is 1.92 bits per heavy atom. The Hall–Kier alpha value is -2.47. The molecule has 4 rings (SSSR count). The van der Waals surface area contributed by atoms with Gasteiger partial charge in [0.2, 0.25) is 0 Å². The SMILES string of the molecule is O=[N+]([O-])c1ccc(N2CCC[C@H]2c2ccc3c(c2)OCCO3)c(Cl)c1. The zero-order chi connectivity index (χ0) is 17.4. The first-order valence-electron chi connectivity index (χ1n) is 8.23. The Morgan fingerprint density at radius 3 is 2.68 bits per heavy atom. The van der Waals surface area contributed by atoms with Crippen molar-refractivity contribution in [1.82, 2.24) is 0 Å². The van der Waals surface area contributed by atoms with Gasteiger partial charge in [0.05, 0.1) is 21.7 Å². The Bertz CT molecular complexity index is 827. The smallest absolute Gasteiger partial charge is 0.271 e. The number of benzene rings is 2. The second kappa shape index (κ2) is 6.44. The zero-order valence-corrected chi connectivity index (χ0v) is 14.2. The molecule has 0 radical (unpaired) electrons. The summed E-state index contributed by atoms with van der Waals surface area (Å²) >= 11 is 6.33. The molecule has 2 aliphatic rings. The molecule has 0 aliphatic carbocycles. The van der Waals surface area contributed by atoms with Gasteiger partial charge in [0, 0.05) is 18.7 Å². The normalized spacial score (nSPS) is 19.1. The van der Waals surface area contributed by atoms with Crippen LogP contribution in [0.5, 0.6) is 11.5 Å². The molecule has 0 N–H and O–H groups in total. The molecule has 6 nitrogen and oxygen atoms in total. The average molecular weight is 361 g/mol. The van der Waals surface area contributed by atoms with E-state index in [1.54, 1.807) is 6.07 Å². The van der Waals surface area contributed by atoms with Crippen LogP contribution < -0.4 is 14.4 Å². The van der Waals surface area contributed by atoms with Gasteiger partial charge in [-0.25, -0.2) is 0 Å². The lowest BCUT2D eigenvalue weighted by molar-refractivity contribution is -0.384. The fourth-order valence-corrected chi connectivity index (χ4v) is 3.79. The van der Waals surface area contributed by atoms with Gasteiger partial charge in [0.15, 0.2) is 11.5 Å². The number of hydrogen-bond donors (Lipinski definition) is 0. The average Bonchev–Trinajstić information content (AvgIpc) is 3.10. The number of nitrogens with zero attached hydrogens (tertiary/aromatic N) is 2. The number of rotatable bonds is 3. The second-order valence-electron chi connectivity index (χ2n) is 6.15. The highest BCUT2D eigenvalue weighted by atomic mass is 35.5. The van der Waals surface area contributed by atoms with E-state index in [4.69, 9.17) is 21.1 Å². The molecule has 0 unspecified atom stereocenters. The van der Waals surface area contributed by atoms with Crippen molar-refractivity contribution >= 4 is 23.0 Å². The van der Waals surface area contributed by atoms with E-state index in [9.17, 15) is 10.1 Å². The van der Waals surface area contributed by atoms with Gasteiger partial charge in [-0.3, -0.25) is 10.1 Å². The summed E-state index contributed by atoms with van der Waals surface area (Å²) in [5, 5.41) is 11.3. The van der Waals surface area contributed by atoms with E-state index >= 15 is 0 Å². The van der Waals surface area contributed by atoms with Gasteiger partial charge in [-0.05, 0) is 36.6 Å². The highest BCUT2D eigenvalue weighted by molar-refractivity contribution is 6.33. The number of anilines is 1. The van der Waals surface area contributed by atoms with Crippen molar-refractivity contribution in [3.05, 3.63) is 57.1 Å². The first-order chi connectivity index (χ1) is 12.1. The summed E-state index contributed by atoms with van der Waals surface area (Å²) in [5.41, 5.74) is 1.96. The molecular weight excluding hydrogens is 344 g/mol. The molecule has 1 atom stereocenters. The quantitative estimate of drug-likeness (QED) is 0.601. The molecule has 130 valence electrons. The minimum atomic E-state index is -0.433. The molecule has 1 saturated heterocycles. The lowest BCUT2D eigenvalue weighted by Crippen LogP contribution is -2.23. The van der Waals surface area contributed by atoms with Crippen LogP contribution in [0.4, 0.5) is 11.4 Å².